The average molecular weight is 348 g/mol. The fraction of sp³-hybridized carbons (Fsp3) is 0.267. The van der Waals surface area contributed by atoms with Crippen LogP contribution in [-0.4, -0.2) is 9.55 Å². The molecule has 102 valence electrons. The first-order valence-corrected chi connectivity index (χ1v) is 8.40. The number of aromatic nitrogens is 2. The number of hydrogen-bond acceptors (Lipinski definition) is 3. The summed E-state index contributed by atoms with van der Waals surface area (Å²) in [5.74, 6) is 0.613. The molecule has 1 aliphatic rings. The number of aryl methyl sites for hydroxylation is 1. The van der Waals surface area contributed by atoms with Gasteiger partial charge in [-0.3, -0.25) is 0 Å². The Hall–Kier alpha value is -1.33. The number of nitrogens with zero attached hydrogens (tertiary/aromatic N) is 2. The third kappa shape index (κ3) is 1.80. The molecule has 5 heteroatoms. The van der Waals surface area contributed by atoms with Crippen molar-refractivity contribution in [2.24, 2.45) is 0 Å². The number of rotatable bonds is 1. The topological polar surface area (TPSA) is 43.8 Å². The van der Waals surface area contributed by atoms with E-state index in [4.69, 9.17) is 5.73 Å². The molecule has 2 N–H and O–H groups in total. The minimum absolute atomic E-state index is 0.323. The normalized spacial score (nSPS) is 18.4. The molecule has 1 aromatic carbocycles. The van der Waals surface area contributed by atoms with E-state index in [1.807, 2.05) is 23.5 Å². The number of fused-ring (bicyclic) bond motifs is 2. The van der Waals surface area contributed by atoms with Crippen LogP contribution in [0.25, 0.3) is 11.0 Å². The van der Waals surface area contributed by atoms with Gasteiger partial charge in [0.2, 0.25) is 5.95 Å². The molecule has 1 unspecified atom stereocenters. The lowest BCUT2D eigenvalue weighted by Crippen LogP contribution is -2.17. The minimum Gasteiger partial charge on any atom is -0.369 e. The highest BCUT2D eigenvalue weighted by molar-refractivity contribution is 9.10. The molecule has 2 aromatic heterocycles. The van der Waals surface area contributed by atoms with Gasteiger partial charge < -0.3 is 10.3 Å². The van der Waals surface area contributed by atoms with Crippen molar-refractivity contribution in [2.45, 2.75) is 25.3 Å². The first kappa shape index (κ1) is 12.4. The summed E-state index contributed by atoms with van der Waals surface area (Å²) in [7, 11) is 0. The van der Waals surface area contributed by atoms with E-state index in [2.05, 4.69) is 43.0 Å². The van der Waals surface area contributed by atoms with Gasteiger partial charge in [-0.05, 0) is 54.5 Å². The Bertz CT molecular complexity index is 790. The van der Waals surface area contributed by atoms with Crippen molar-refractivity contribution in [3.8, 4) is 0 Å². The molecule has 2 heterocycles. The van der Waals surface area contributed by atoms with Crippen molar-refractivity contribution in [2.75, 3.05) is 5.73 Å². The largest absolute Gasteiger partial charge is 0.369 e. The van der Waals surface area contributed by atoms with Crippen LogP contribution in [0, 0.1) is 0 Å². The van der Waals surface area contributed by atoms with E-state index >= 15 is 0 Å². The minimum atomic E-state index is 0.323. The summed E-state index contributed by atoms with van der Waals surface area (Å²) in [5, 5.41) is 2.19. The van der Waals surface area contributed by atoms with Gasteiger partial charge in [0.15, 0.2) is 0 Å². The van der Waals surface area contributed by atoms with E-state index in [0.29, 0.717) is 12.0 Å². The van der Waals surface area contributed by atoms with Crippen LogP contribution in [0.15, 0.2) is 34.1 Å². The standard InChI is InChI=1S/C15H14BrN3S/c16-9-4-5-11-13(8-9)19(15(17)18-11)12-2-1-3-14-10(12)6-7-20-14/h4-8,12H,1-3H2,(H2,17,18). The summed E-state index contributed by atoms with van der Waals surface area (Å²) in [6.45, 7) is 0. The lowest BCUT2D eigenvalue weighted by Gasteiger charge is -2.25. The molecule has 3 nitrogen and oxygen atoms in total. The maximum Gasteiger partial charge on any atom is 0.201 e. The second kappa shape index (κ2) is 4.60. The molecule has 1 atom stereocenters. The molecule has 0 bridgehead atoms. The van der Waals surface area contributed by atoms with Crippen LogP contribution < -0.4 is 5.73 Å². The summed E-state index contributed by atoms with van der Waals surface area (Å²) >= 11 is 5.40. The van der Waals surface area contributed by atoms with E-state index in [1.54, 1.807) is 0 Å². The molecule has 0 saturated carbocycles. The highest BCUT2D eigenvalue weighted by Gasteiger charge is 2.25. The zero-order chi connectivity index (χ0) is 13.7. The Morgan fingerprint density at radius 1 is 1.35 bits per heavy atom. The van der Waals surface area contributed by atoms with Gasteiger partial charge in [0.05, 0.1) is 17.1 Å². The van der Waals surface area contributed by atoms with Crippen LogP contribution in [0.4, 0.5) is 5.95 Å². The van der Waals surface area contributed by atoms with Crippen molar-refractivity contribution < 1.29 is 0 Å². The Labute approximate surface area is 129 Å². The first-order valence-electron chi connectivity index (χ1n) is 6.73. The molecule has 0 fully saturated rings. The van der Waals surface area contributed by atoms with E-state index in [0.717, 1.165) is 21.9 Å². The van der Waals surface area contributed by atoms with Crippen LogP contribution in [-0.2, 0) is 6.42 Å². The number of nitrogen functional groups attached to an aromatic ring is 1. The van der Waals surface area contributed by atoms with Gasteiger partial charge in [0.25, 0.3) is 0 Å². The summed E-state index contributed by atoms with van der Waals surface area (Å²) < 4.78 is 3.26. The van der Waals surface area contributed by atoms with Crippen molar-refractivity contribution in [3.63, 3.8) is 0 Å². The molecule has 1 aliphatic carbocycles. The first-order chi connectivity index (χ1) is 9.74. The highest BCUT2D eigenvalue weighted by atomic mass is 79.9. The second-order valence-electron chi connectivity index (χ2n) is 5.18. The summed E-state index contributed by atoms with van der Waals surface area (Å²) in [6.07, 6.45) is 3.54. The van der Waals surface area contributed by atoms with Crippen LogP contribution in [0.2, 0.25) is 0 Å². The Balaban J connectivity index is 1.96. The van der Waals surface area contributed by atoms with Crippen molar-refractivity contribution >= 4 is 44.2 Å². The summed E-state index contributed by atoms with van der Waals surface area (Å²) in [4.78, 5) is 6.01. The van der Waals surface area contributed by atoms with E-state index < -0.39 is 0 Å². The molecule has 20 heavy (non-hydrogen) atoms. The summed E-state index contributed by atoms with van der Waals surface area (Å²) in [6, 6.07) is 8.70. The molecule has 4 rings (SSSR count). The van der Waals surface area contributed by atoms with E-state index in [-0.39, 0.29) is 0 Å². The predicted molar refractivity (Wildman–Crippen MR) is 87.2 cm³/mol. The molecule has 0 radical (unpaired) electrons. The van der Waals surface area contributed by atoms with Crippen LogP contribution in [0.5, 0.6) is 0 Å². The van der Waals surface area contributed by atoms with Gasteiger partial charge in [-0.2, -0.15) is 0 Å². The number of halogens is 1. The second-order valence-corrected chi connectivity index (χ2v) is 7.10. The van der Waals surface area contributed by atoms with Crippen molar-refractivity contribution in [1.82, 2.24) is 9.55 Å². The number of anilines is 1. The van der Waals surface area contributed by atoms with Crippen LogP contribution in [0.1, 0.15) is 29.3 Å². The molecular weight excluding hydrogens is 334 g/mol. The smallest absolute Gasteiger partial charge is 0.201 e. The van der Waals surface area contributed by atoms with Gasteiger partial charge in [-0.25, -0.2) is 4.98 Å². The average Bonchev–Trinajstić information content (AvgIpc) is 3.02. The van der Waals surface area contributed by atoms with E-state index in [9.17, 15) is 0 Å². The molecule has 0 spiro atoms. The molecule has 0 amide bonds. The predicted octanol–water partition coefficient (Wildman–Crippen LogP) is 4.37. The fourth-order valence-electron chi connectivity index (χ4n) is 3.14. The SMILES string of the molecule is Nc1nc2ccc(Br)cc2n1C1CCCc2sccc21. The third-order valence-electron chi connectivity index (χ3n) is 4.01. The van der Waals surface area contributed by atoms with Gasteiger partial charge in [-0.15, -0.1) is 11.3 Å². The number of benzene rings is 1. The molecule has 0 saturated heterocycles. The van der Waals surface area contributed by atoms with Gasteiger partial charge in [0.1, 0.15) is 0 Å². The molecular formula is C15H14BrN3S. The van der Waals surface area contributed by atoms with Crippen LogP contribution >= 0.6 is 27.3 Å². The number of thiophene rings is 1. The molecule has 3 aromatic rings. The van der Waals surface area contributed by atoms with Gasteiger partial charge in [-0.1, -0.05) is 15.9 Å². The van der Waals surface area contributed by atoms with Crippen LogP contribution in [0.3, 0.4) is 0 Å². The number of imidazole rings is 1. The Kier molecular flexibility index (Phi) is 2.86. The number of hydrogen-bond donors (Lipinski definition) is 1. The highest BCUT2D eigenvalue weighted by Crippen LogP contribution is 2.39. The lowest BCUT2D eigenvalue weighted by atomic mass is 9.93. The maximum absolute atomic E-state index is 6.20. The summed E-state index contributed by atoms with van der Waals surface area (Å²) in [5.41, 5.74) is 9.70. The quantitative estimate of drug-likeness (QED) is 0.710. The number of nitrogens with two attached hydrogens (primary N) is 1. The third-order valence-corrected chi connectivity index (χ3v) is 5.50. The zero-order valence-electron chi connectivity index (χ0n) is 10.8. The van der Waals surface area contributed by atoms with Gasteiger partial charge >= 0.3 is 0 Å². The Morgan fingerprint density at radius 2 is 2.25 bits per heavy atom. The van der Waals surface area contributed by atoms with E-state index in [1.165, 1.54) is 23.3 Å². The zero-order valence-corrected chi connectivity index (χ0v) is 13.2. The molecule has 0 aliphatic heterocycles. The monoisotopic (exact) mass is 347 g/mol. The van der Waals surface area contributed by atoms with Crippen molar-refractivity contribution in [1.29, 1.82) is 0 Å². The fourth-order valence-corrected chi connectivity index (χ4v) is 4.47. The Morgan fingerprint density at radius 3 is 3.15 bits per heavy atom. The lowest BCUT2D eigenvalue weighted by molar-refractivity contribution is 0.510. The maximum atomic E-state index is 6.20. The van der Waals surface area contributed by atoms with Gasteiger partial charge in [0, 0.05) is 9.35 Å². The van der Waals surface area contributed by atoms with Crippen molar-refractivity contribution in [3.05, 3.63) is 44.6 Å².